The Morgan fingerprint density at radius 3 is 1.15 bits per heavy atom. The van der Waals surface area contributed by atoms with Gasteiger partial charge in [-0.05, 0) is 37.1 Å². The molecule has 0 saturated heterocycles. The van der Waals surface area contributed by atoms with Crippen LogP contribution in [0.15, 0.2) is 48.5 Å². The van der Waals surface area contributed by atoms with Crippen LogP contribution in [0.1, 0.15) is 36.1 Å². The number of nitriles is 2. The summed E-state index contributed by atoms with van der Waals surface area (Å²) in [5, 5.41) is 16.9. The summed E-state index contributed by atoms with van der Waals surface area (Å²) in [5.74, 6) is 0. The molecule has 0 saturated carbocycles. The summed E-state index contributed by atoms with van der Waals surface area (Å²) in [6, 6.07) is 19.3. The fourth-order valence-corrected chi connectivity index (χ4v) is 1.40. The third kappa shape index (κ3) is 5.85. The van der Waals surface area contributed by atoms with E-state index < -0.39 is 0 Å². The minimum Gasteiger partial charge on any atom is -0.192 e. The quantitative estimate of drug-likeness (QED) is 0.688. The van der Waals surface area contributed by atoms with Crippen molar-refractivity contribution < 1.29 is 0 Å². The summed E-state index contributed by atoms with van der Waals surface area (Å²) in [6.07, 6.45) is 0. The lowest BCUT2D eigenvalue weighted by Gasteiger charge is -1.90. The standard InChI is InChI=1S/2C8H7N.C2H6/c2*1-7-4-2-3-5-8(7)6-9;1-2/h2*2-5H,1H3;1-2H3. The zero-order valence-corrected chi connectivity index (χ0v) is 12.5. The molecule has 0 aromatic heterocycles. The second-order valence-electron chi connectivity index (χ2n) is 3.85. The molecule has 0 aliphatic heterocycles. The molecule has 0 spiro atoms. The van der Waals surface area contributed by atoms with Gasteiger partial charge < -0.3 is 0 Å². The van der Waals surface area contributed by atoms with Crippen molar-refractivity contribution in [2.75, 3.05) is 0 Å². The van der Waals surface area contributed by atoms with Gasteiger partial charge in [0.1, 0.15) is 0 Å². The second kappa shape index (κ2) is 10.4. The first-order valence-electron chi connectivity index (χ1n) is 6.60. The van der Waals surface area contributed by atoms with Crippen molar-refractivity contribution >= 4 is 0 Å². The zero-order chi connectivity index (χ0) is 15.4. The van der Waals surface area contributed by atoms with Crippen LogP contribution < -0.4 is 0 Å². The predicted octanol–water partition coefficient (Wildman–Crippen LogP) is 4.76. The molecule has 0 atom stereocenters. The molecule has 2 aromatic carbocycles. The highest BCUT2D eigenvalue weighted by atomic mass is 14.2. The van der Waals surface area contributed by atoms with Gasteiger partial charge in [0, 0.05) is 0 Å². The van der Waals surface area contributed by atoms with Gasteiger partial charge in [0.25, 0.3) is 0 Å². The van der Waals surface area contributed by atoms with E-state index in [1.165, 1.54) is 0 Å². The normalized spacial score (nSPS) is 7.90. The van der Waals surface area contributed by atoms with Crippen molar-refractivity contribution in [1.29, 1.82) is 10.5 Å². The largest absolute Gasteiger partial charge is 0.192 e. The molecular formula is C18H20N2. The molecule has 0 amide bonds. The molecular weight excluding hydrogens is 244 g/mol. The Morgan fingerprint density at radius 1 is 0.650 bits per heavy atom. The number of hydrogen-bond donors (Lipinski definition) is 0. The average Bonchev–Trinajstić information content (AvgIpc) is 2.51. The Morgan fingerprint density at radius 2 is 0.950 bits per heavy atom. The van der Waals surface area contributed by atoms with Crippen molar-refractivity contribution in [3.63, 3.8) is 0 Å². The Hall–Kier alpha value is -2.58. The molecule has 0 bridgehead atoms. The minimum atomic E-state index is 0.762. The highest BCUT2D eigenvalue weighted by Crippen LogP contribution is 2.04. The van der Waals surface area contributed by atoms with Crippen LogP contribution in [0.4, 0.5) is 0 Å². The molecule has 0 aliphatic carbocycles. The Kier molecular flexibility index (Phi) is 9.02. The van der Waals surface area contributed by atoms with Crippen LogP contribution in [0.3, 0.4) is 0 Å². The highest BCUT2D eigenvalue weighted by Gasteiger charge is 1.90. The smallest absolute Gasteiger partial charge is 0.0994 e. The maximum Gasteiger partial charge on any atom is 0.0994 e. The monoisotopic (exact) mass is 264 g/mol. The van der Waals surface area contributed by atoms with Gasteiger partial charge in [-0.15, -0.1) is 0 Å². The average molecular weight is 264 g/mol. The maximum absolute atomic E-state index is 8.47. The molecule has 0 radical (unpaired) electrons. The first kappa shape index (κ1) is 17.4. The SMILES string of the molecule is CC.Cc1ccccc1C#N.Cc1ccccc1C#N. The lowest BCUT2D eigenvalue weighted by molar-refractivity contribution is 1.39. The Labute approximate surface area is 121 Å². The predicted molar refractivity (Wildman–Crippen MR) is 83.1 cm³/mol. The summed E-state index contributed by atoms with van der Waals surface area (Å²) in [7, 11) is 0. The van der Waals surface area contributed by atoms with E-state index in [0.717, 1.165) is 22.3 Å². The molecule has 0 unspecified atom stereocenters. The third-order valence-electron chi connectivity index (χ3n) is 2.53. The van der Waals surface area contributed by atoms with Crippen molar-refractivity contribution in [3.8, 4) is 12.1 Å². The topological polar surface area (TPSA) is 47.6 Å². The van der Waals surface area contributed by atoms with Crippen LogP contribution in [0.5, 0.6) is 0 Å². The third-order valence-corrected chi connectivity index (χ3v) is 2.53. The van der Waals surface area contributed by atoms with E-state index in [2.05, 4.69) is 12.1 Å². The number of nitrogens with zero attached hydrogens (tertiary/aromatic N) is 2. The number of rotatable bonds is 0. The first-order valence-corrected chi connectivity index (χ1v) is 6.60. The number of hydrogen-bond acceptors (Lipinski definition) is 2. The van der Waals surface area contributed by atoms with Crippen LogP contribution >= 0.6 is 0 Å². The lowest BCUT2D eigenvalue weighted by atomic mass is 10.1. The number of aryl methyl sites for hydroxylation is 2. The first-order chi connectivity index (χ1) is 9.69. The molecule has 102 valence electrons. The van der Waals surface area contributed by atoms with Crippen LogP contribution in [-0.4, -0.2) is 0 Å². The molecule has 0 aliphatic rings. The minimum absolute atomic E-state index is 0.762. The lowest BCUT2D eigenvalue weighted by Crippen LogP contribution is -1.77. The van der Waals surface area contributed by atoms with E-state index >= 15 is 0 Å². The summed E-state index contributed by atoms with van der Waals surface area (Å²) in [6.45, 7) is 7.86. The van der Waals surface area contributed by atoms with E-state index in [-0.39, 0.29) is 0 Å². The Balaban J connectivity index is 0.000000321. The highest BCUT2D eigenvalue weighted by molar-refractivity contribution is 5.36. The second-order valence-corrected chi connectivity index (χ2v) is 3.85. The molecule has 0 heterocycles. The van der Waals surface area contributed by atoms with E-state index in [9.17, 15) is 0 Å². The van der Waals surface area contributed by atoms with E-state index in [0.29, 0.717) is 0 Å². The van der Waals surface area contributed by atoms with Crippen LogP contribution in [0.25, 0.3) is 0 Å². The van der Waals surface area contributed by atoms with E-state index in [1.54, 1.807) is 0 Å². The van der Waals surface area contributed by atoms with Crippen LogP contribution in [-0.2, 0) is 0 Å². The summed E-state index contributed by atoms with van der Waals surface area (Å²) < 4.78 is 0. The van der Waals surface area contributed by atoms with Crippen molar-refractivity contribution in [3.05, 3.63) is 70.8 Å². The van der Waals surface area contributed by atoms with Crippen LogP contribution in [0, 0.1) is 36.5 Å². The molecule has 2 heteroatoms. The van der Waals surface area contributed by atoms with Crippen molar-refractivity contribution in [2.45, 2.75) is 27.7 Å². The molecule has 0 N–H and O–H groups in total. The van der Waals surface area contributed by atoms with Gasteiger partial charge in [-0.25, -0.2) is 0 Å². The molecule has 20 heavy (non-hydrogen) atoms. The maximum atomic E-state index is 8.47. The van der Waals surface area contributed by atoms with Crippen molar-refractivity contribution in [2.24, 2.45) is 0 Å². The van der Waals surface area contributed by atoms with Gasteiger partial charge in [-0.3, -0.25) is 0 Å². The molecule has 2 nitrogen and oxygen atoms in total. The van der Waals surface area contributed by atoms with Crippen molar-refractivity contribution in [1.82, 2.24) is 0 Å². The van der Waals surface area contributed by atoms with Gasteiger partial charge in [-0.1, -0.05) is 50.2 Å². The summed E-state index contributed by atoms with van der Waals surface area (Å²) >= 11 is 0. The molecule has 2 rings (SSSR count). The number of benzene rings is 2. The van der Waals surface area contributed by atoms with Gasteiger partial charge in [0.2, 0.25) is 0 Å². The zero-order valence-electron chi connectivity index (χ0n) is 12.5. The molecule has 0 fully saturated rings. The fraction of sp³-hybridized carbons (Fsp3) is 0.222. The molecule has 2 aromatic rings. The van der Waals surface area contributed by atoms with Gasteiger partial charge in [-0.2, -0.15) is 10.5 Å². The fourth-order valence-electron chi connectivity index (χ4n) is 1.40. The van der Waals surface area contributed by atoms with Gasteiger partial charge >= 0.3 is 0 Å². The Bertz CT molecular complexity index is 546. The van der Waals surface area contributed by atoms with Crippen LogP contribution in [0.2, 0.25) is 0 Å². The van der Waals surface area contributed by atoms with E-state index in [1.807, 2.05) is 76.2 Å². The van der Waals surface area contributed by atoms with E-state index in [4.69, 9.17) is 10.5 Å². The summed E-state index contributed by atoms with van der Waals surface area (Å²) in [5.41, 5.74) is 3.61. The van der Waals surface area contributed by atoms with Gasteiger partial charge in [0.15, 0.2) is 0 Å². The summed E-state index contributed by atoms with van der Waals surface area (Å²) in [4.78, 5) is 0. The van der Waals surface area contributed by atoms with Gasteiger partial charge in [0.05, 0.1) is 23.3 Å².